The topological polar surface area (TPSA) is 45.7 Å². The number of thiocarbonyl (C=S) groups is 1. The number of hydrogen-bond donors (Lipinski definition) is 2. The van der Waals surface area contributed by atoms with Gasteiger partial charge in [-0.15, -0.1) is 0 Å². The number of halogens is 3. The first-order valence-corrected chi connectivity index (χ1v) is 9.80. The molecule has 0 atom stereocenters. The third-order valence-electron chi connectivity index (χ3n) is 3.03. The summed E-state index contributed by atoms with van der Waals surface area (Å²) >= 11 is 18.3. The van der Waals surface area contributed by atoms with Crippen molar-refractivity contribution in [3.05, 3.63) is 61.5 Å². The number of hydrogen-bond acceptors (Lipinski definition) is 3. The highest BCUT2D eigenvalue weighted by Gasteiger charge is 2.09. The Morgan fingerprint density at radius 3 is 2.64 bits per heavy atom. The second kappa shape index (κ2) is 10.1. The van der Waals surface area contributed by atoms with Gasteiger partial charge in [0.1, 0.15) is 6.61 Å². The van der Waals surface area contributed by atoms with E-state index in [-0.39, 0.29) is 0 Å². The number of benzene rings is 2. The first-order chi connectivity index (χ1) is 12.0. The third kappa shape index (κ3) is 6.58. The molecule has 0 aliphatic rings. The molecule has 0 saturated carbocycles. The lowest BCUT2D eigenvalue weighted by Crippen LogP contribution is -2.31. The molecule has 0 bridgehead atoms. The van der Waals surface area contributed by atoms with Gasteiger partial charge in [-0.3, -0.25) is 5.43 Å². The maximum absolute atomic E-state index is 6.33. The predicted molar refractivity (Wildman–Crippen MR) is 115 cm³/mol. The van der Waals surface area contributed by atoms with Crippen LogP contribution in [0.3, 0.4) is 0 Å². The van der Waals surface area contributed by atoms with Crippen LogP contribution in [0.25, 0.3) is 0 Å². The molecule has 0 radical (unpaired) electrons. The van der Waals surface area contributed by atoms with Crippen molar-refractivity contribution in [2.45, 2.75) is 13.5 Å². The largest absolute Gasteiger partial charge is 0.486 e. The van der Waals surface area contributed by atoms with Crippen LogP contribution < -0.4 is 15.5 Å². The Balaban J connectivity index is 2.02. The van der Waals surface area contributed by atoms with Crippen LogP contribution >= 0.6 is 55.7 Å². The summed E-state index contributed by atoms with van der Waals surface area (Å²) in [6.07, 6.45) is 1.64. The molecule has 25 heavy (non-hydrogen) atoms. The van der Waals surface area contributed by atoms with E-state index in [1.54, 1.807) is 12.3 Å². The molecule has 0 aliphatic carbocycles. The van der Waals surface area contributed by atoms with E-state index in [2.05, 4.69) is 47.7 Å². The van der Waals surface area contributed by atoms with Gasteiger partial charge in [0.15, 0.2) is 10.9 Å². The van der Waals surface area contributed by atoms with Gasteiger partial charge in [-0.25, -0.2) is 0 Å². The van der Waals surface area contributed by atoms with Crippen molar-refractivity contribution >= 4 is 67.0 Å². The van der Waals surface area contributed by atoms with Crippen LogP contribution in [0.1, 0.15) is 18.1 Å². The third-order valence-corrected chi connectivity index (χ3v) is 4.67. The molecule has 0 aliphatic heterocycles. The number of hydrazone groups is 1. The monoisotopic (exact) mass is 503 g/mol. The lowest BCUT2D eigenvalue weighted by Gasteiger charge is -2.11. The van der Waals surface area contributed by atoms with E-state index in [1.807, 2.05) is 37.3 Å². The van der Waals surface area contributed by atoms with Gasteiger partial charge in [0, 0.05) is 11.0 Å². The molecule has 2 aromatic carbocycles. The minimum Gasteiger partial charge on any atom is -0.486 e. The molecule has 8 heteroatoms. The second-order valence-corrected chi connectivity index (χ2v) is 7.54. The van der Waals surface area contributed by atoms with E-state index in [0.29, 0.717) is 22.5 Å². The average Bonchev–Trinajstić information content (AvgIpc) is 2.56. The Bertz CT molecular complexity index is 746. The quantitative estimate of drug-likeness (QED) is 0.319. The molecule has 2 N–H and O–H groups in total. The Hall–Kier alpha value is -1.15. The summed E-state index contributed by atoms with van der Waals surface area (Å²) in [6.45, 7) is 3.13. The molecule has 0 aromatic heterocycles. The van der Waals surface area contributed by atoms with Gasteiger partial charge in [0.25, 0.3) is 0 Å². The second-order valence-electron chi connectivity index (χ2n) is 4.96. The van der Waals surface area contributed by atoms with Crippen molar-refractivity contribution in [1.29, 1.82) is 0 Å². The van der Waals surface area contributed by atoms with Gasteiger partial charge in [-0.1, -0.05) is 39.7 Å². The van der Waals surface area contributed by atoms with Crippen LogP contribution in [0.5, 0.6) is 5.75 Å². The molecule has 0 spiro atoms. The molecule has 2 aromatic rings. The van der Waals surface area contributed by atoms with Crippen LogP contribution in [0.2, 0.25) is 5.02 Å². The van der Waals surface area contributed by atoms with E-state index < -0.39 is 0 Å². The van der Waals surface area contributed by atoms with Crippen molar-refractivity contribution in [3.63, 3.8) is 0 Å². The van der Waals surface area contributed by atoms with Crippen LogP contribution in [0.4, 0.5) is 0 Å². The number of rotatable bonds is 6. The molecule has 2 rings (SSSR count). The zero-order chi connectivity index (χ0) is 18.2. The van der Waals surface area contributed by atoms with Gasteiger partial charge >= 0.3 is 0 Å². The standard InChI is InChI=1S/C17H16Br2ClN3OS/c1-2-21-17(25)23-22-9-12-7-14(19)16(15(20)8-12)24-10-11-3-5-13(18)6-4-11/h3-9H,2,10H2,1H3,(H2,21,23,25)/b22-9-. The van der Waals surface area contributed by atoms with Crippen LogP contribution in [-0.2, 0) is 6.61 Å². The molecule has 132 valence electrons. The number of ether oxygens (including phenoxy) is 1. The van der Waals surface area contributed by atoms with Gasteiger partial charge in [-0.2, -0.15) is 5.10 Å². The lowest BCUT2D eigenvalue weighted by molar-refractivity contribution is 0.304. The van der Waals surface area contributed by atoms with Gasteiger partial charge < -0.3 is 10.1 Å². The van der Waals surface area contributed by atoms with Crippen molar-refractivity contribution in [2.75, 3.05) is 6.54 Å². The fourth-order valence-corrected chi connectivity index (χ4v) is 3.34. The van der Waals surface area contributed by atoms with Crippen LogP contribution in [0.15, 0.2) is 50.4 Å². The summed E-state index contributed by atoms with van der Waals surface area (Å²) in [7, 11) is 0. The van der Waals surface area contributed by atoms with Crippen molar-refractivity contribution in [3.8, 4) is 5.75 Å². The highest BCUT2D eigenvalue weighted by Crippen LogP contribution is 2.34. The fraction of sp³-hybridized carbons (Fsp3) is 0.176. The molecule has 0 fully saturated rings. The normalized spacial score (nSPS) is 10.7. The highest BCUT2D eigenvalue weighted by molar-refractivity contribution is 9.10. The van der Waals surface area contributed by atoms with Crippen LogP contribution in [-0.4, -0.2) is 17.9 Å². The summed E-state index contributed by atoms with van der Waals surface area (Å²) in [5.74, 6) is 0.595. The molecular weight excluding hydrogens is 490 g/mol. The molecule has 4 nitrogen and oxygen atoms in total. The maximum atomic E-state index is 6.33. The van der Waals surface area contributed by atoms with E-state index >= 15 is 0 Å². The van der Waals surface area contributed by atoms with E-state index in [9.17, 15) is 0 Å². The first-order valence-electron chi connectivity index (χ1n) is 7.42. The average molecular weight is 506 g/mol. The summed E-state index contributed by atoms with van der Waals surface area (Å²) in [5, 5.41) is 7.99. The predicted octanol–water partition coefficient (Wildman–Crippen LogP) is 5.26. The van der Waals surface area contributed by atoms with Gasteiger partial charge in [0.05, 0.1) is 15.7 Å². The Kier molecular flexibility index (Phi) is 8.15. The summed E-state index contributed by atoms with van der Waals surface area (Å²) in [6, 6.07) is 11.6. The Morgan fingerprint density at radius 1 is 1.28 bits per heavy atom. The Labute approximate surface area is 174 Å². The summed E-state index contributed by atoms with van der Waals surface area (Å²) in [4.78, 5) is 0. The van der Waals surface area contributed by atoms with Gasteiger partial charge in [0.2, 0.25) is 0 Å². The maximum Gasteiger partial charge on any atom is 0.186 e. The van der Waals surface area contributed by atoms with E-state index in [1.165, 1.54) is 0 Å². The first kappa shape index (κ1) is 20.2. The smallest absolute Gasteiger partial charge is 0.186 e. The minimum absolute atomic E-state index is 0.428. The summed E-state index contributed by atoms with van der Waals surface area (Å²) in [5.41, 5.74) is 4.61. The summed E-state index contributed by atoms with van der Waals surface area (Å²) < 4.78 is 7.62. The number of nitrogens with one attached hydrogen (secondary N) is 2. The van der Waals surface area contributed by atoms with E-state index in [4.69, 9.17) is 28.6 Å². The lowest BCUT2D eigenvalue weighted by atomic mass is 10.2. The fourth-order valence-electron chi connectivity index (χ4n) is 1.89. The SMILES string of the molecule is CCNC(=S)N/N=C\c1cc(Cl)c(OCc2ccc(Br)cc2)c(Br)c1. The minimum atomic E-state index is 0.428. The van der Waals surface area contributed by atoms with Crippen molar-refractivity contribution in [1.82, 2.24) is 10.7 Å². The molecular formula is C17H16Br2ClN3OS. The van der Waals surface area contributed by atoms with Crippen molar-refractivity contribution < 1.29 is 4.74 Å². The molecule has 0 heterocycles. The van der Waals surface area contributed by atoms with Gasteiger partial charge in [-0.05, 0) is 70.5 Å². The molecule has 0 unspecified atom stereocenters. The zero-order valence-corrected chi connectivity index (χ0v) is 18.1. The highest BCUT2D eigenvalue weighted by atomic mass is 79.9. The Morgan fingerprint density at radius 2 is 2.00 bits per heavy atom. The molecule has 0 saturated heterocycles. The molecule has 0 amide bonds. The number of nitrogens with zero attached hydrogens (tertiary/aromatic N) is 1. The zero-order valence-electron chi connectivity index (χ0n) is 13.4. The van der Waals surface area contributed by atoms with Crippen LogP contribution in [0, 0.1) is 0 Å². The van der Waals surface area contributed by atoms with E-state index in [0.717, 1.165) is 26.6 Å². The van der Waals surface area contributed by atoms with Crippen molar-refractivity contribution in [2.24, 2.45) is 5.10 Å².